The molecule has 1 aliphatic rings. The summed E-state index contributed by atoms with van der Waals surface area (Å²) < 4.78 is 10.7. The van der Waals surface area contributed by atoms with Crippen LogP contribution in [0.5, 0.6) is 5.75 Å². The van der Waals surface area contributed by atoms with Crippen LogP contribution in [0.2, 0.25) is 5.02 Å². The standard InChI is InChI=1S/C23H24ClN3O4/c1-30-19-5-6-20-16(15-31-21(20)13-19)11-22(28)25-14-23(29)27-9-7-26(8-10-27)18-4-2-3-17(24)12-18/h2-6,12-13,15H,7-11,14H2,1H3,(H,25,28). The Bertz CT molecular complexity index is 1090. The Balaban J connectivity index is 1.26. The summed E-state index contributed by atoms with van der Waals surface area (Å²) >= 11 is 6.07. The number of ether oxygens (including phenoxy) is 1. The lowest BCUT2D eigenvalue weighted by molar-refractivity contribution is -0.133. The Morgan fingerprint density at radius 2 is 1.94 bits per heavy atom. The molecule has 0 spiro atoms. The third-order valence-electron chi connectivity index (χ3n) is 5.46. The molecule has 1 N–H and O–H groups in total. The molecule has 8 heteroatoms. The molecule has 0 saturated carbocycles. The number of nitrogens with zero attached hydrogens (tertiary/aromatic N) is 2. The molecule has 1 aliphatic heterocycles. The fourth-order valence-electron chi connectivity index (χ4n) is 3.74. The van der Waals surface area contributed by atoms with Crippen LogP contribution in [-0.4, -0.2) is 56.5 Å². The van der Waals surface area contributed by atoms with Crippen LogP contribution in [0.1, 0.15) is 5.56 Å². The quantitative estimate of drug-likeness (QED) is 0.636. The number of carbonyl (C=O) groups excluding carboxylic acids is 2. The molecule has 7 nitrogen and oxygen atoms in total. The van der Waals surface area contributed by atoms with Crippen LogP contribution in [0.4, 0.5) is 5.69 Å². The molecule has 2 heterocycles. The van der Waals surface area contributed by atoms with Crippen molar-refractivity contribution in [2.75, 3.05) is 44.7 Å². The Labute approximate surface area is 185 Å². The van der Waals surface area contributed by atoms with Crippen LogP contribution in [0.3, 0.4) is 0 Å². The number of fused-ring (bicyclic) bond motifs is 1. The second-order valence-corrected chi connectivity index (χ2v) is 7.86. The van der Waals surface area contributed by atoms with Crippen molar-refractivity contribution in [2.45, 2.75) is 6.42 Å². The normalized spacial score (nSPS) is 14.0. The van der Waals surface area contributed by atoms with Gasteiger partial charge >= 0.3 is 0 Å². The SMILES string of the molecule is COc1ccc2c(CC(=O)NCC(=O)N3CCN(c4cccc(Cl)c4)CC3)coc2c1. The van der Waals surface area contributed by atoms with Crippen molar-refractivity contribution in [1.82, 2.24) is 10.2 Å². The van der Waals surface area contributed by atoms with Gasteiger partial charge in [-0.25, -0.2) is 0 Å². The van der Waals surface area contributed by atoms with Gasteiger partial charge in [-0.2, -0.15) is 0 Å². The van der Waals surface area contributed by atoms with Crippen LogP contribution >= 0.6 is 11.6 Å². The van der Waals surface area contributed by atoms with Crippen LogP contribution < -0.4 is 15.0 Å². The monoisotopic (exact) mass is 441 g/mol. The fraction of sp³-hybridized carbons (Fsp3) is 0.304. The third kappa shape index (κ3) is 4.94. The van der Waals surface area contributed by atoms with E-state index in [1.54, 1.807) is 24.3 Å². The number of benzene rings is 2. The number of methoxy groups -OCH3 is 1. The van der Waals surface area contributed by atoms with E-state index >= 15 is 0 Å². The molecule has 2 aromatic carbocycles. The van der Waals surface area contributed by atoms with Crippen molar-refractivity contribution in [3.63, 3.8) is 0 Å². The molecule has 3 aromatic rings. The van der Waals surface area contributed by atoms with Gasteiger partial charge in [-0.1, -0.05) is 17.7 Å². The Kier molecular flexibility index (Phi) is 6.32. The number of piperazine rings is 1. The van der Waals surface area contributed by atoms with Gasteiger partial charge in [-0.15, -0.1) is 0 Å². The summed E-state index contributed by atoms with van der Waals surface area (Å²) in [5, 5.41) is 4.29. The molecule has 1 aromatic heterocycles. The van der Waals surface area contributed by atoms with E-state index in [0.29, 0.717) is 29.4 Å². The Morgan fingerprint density at radius 1 is 1.13 bits per heavy atom. The summed E-state index contributed by atoms with van der Waals surface area (Å²) in [6.07, 6.45) is 1.72. The number of carbonyl (C=O) groups is 2. The molecule has 31 heavy (non-hydrogen) atoms. The lowest BCUT2D eigenvalue weighted by atomic mass is 10.1. The summed E-state index contributed by atoms with van der Waals surface area (Å²) in [4.78, 5) is 28.9. The molecule has 0 radical (unpaired) electrons. The lowest BCUT2D eigenvalue weighted by Gasteiger charge is -2.36. The Hall–Kier alpha value is -3.19. The van der Waals surface area contributed by atoms with Crippen molar-refractivity contribution < 1.29 is 18.7 Å². The second kappa shape index (κ2) is 9.31. The van der Waals surface area contributed by atoms with E-state index in [1.165, 1.54) is 0 Å². The first-order chi connectivity index (χ1) is 15.0. The molecule has 0 unspecified atom stereocenters. The number of rotatable bonds is 6. The van der Waals surface area contributed by atoms with Crippen molar-refractivity contribution in [2.24, 2.45) is 0 Å². The maximum atomic E-state index is 12.5. The number of amides is 2. The van der Waals surface area contributed by atoms with Crippen molar-refractivity contribution in [3.8, 4) is 5.75 Å². The number of furan rings is 1. The highest BCUT2D eigenvalue weighted by atomic mass is 35.5. The third-order valence-corrected chi connectivity index (χ3v) is 5.69. The highest BCUT2D eigenvalue weighted by Crippen LogP contribution is 2.26. The molecule has 1 fully saturated rings. The first kappa shape index (κ1) is 21.1. The summed E-state index contributed by atoms with van der Waals surface area (Å²) in [6.45, 7) is 2.65. The first-order valence-corrected chi connectivity index (χ1v) is 10.5. The van der Waals surface area contributed by atoms with Crippen molar-refractivity contribution >= 4 is 40.1 Å². The van der Waals surface area contributed by atoms with E-state index in [1.807, 2.05) is 36.4 Å². The Morgan fingerprint density at radius 3 is 2.68 bits per heavy atom. The minimum Gasteiger partial charge on any atom is -0.497 e. The van der Waals surface area contributed by atoms with E-state index < -0.39 is 0 Å². The molecule has 162 valence electrons. The molecule has 2 amide bonds. The molecule has 0 aliphatic carbocycles. The lowest BCUT2D eigenvalue weighted by Crippen LogP contribution is -2.51. The van der Waals surface area contributed by atoms with Gasteiger partial charge in [0.1, 0.15) is 11.3 Å². The van der Waals surface area contributed by atoms with Gasteiger partial charge in [0.2, 0.25) is 11.8 Å². The van der Waals surface area contributed by atoms with Gasteiger partial charge < -0.3 is 24.3 Å². The minimum atomic E-state index is -0.218. The second-order valence-electron chi connectivity index (χ2n) is 7.42. The molecule has 0 atom stereocenters. The average Bonchev–Trinajstić information content (AvgIpc) is 3.19. The zero-order valence-corrected chi connectivity index (χ0v) is 18.0. The number of nitrogens with one attached hydrogen (secondary N) is 1. The van der Waals surface area contributed by atoms with E-state index in [4.69, 9.17) is 20.8 Å². The zero-order valence-electron chi connectivity index (χ0n) is 17.3. The molecule has 4 rings (SSSR count). The highest BCUT2D eigenvalue weighted by molar-refractivity contribution is 6.30. The summed E-state index contributed by atoms with van der Waals surface area (Å²) in [6, 6.07) is 13.2. The van der Waals surface area contributed by atoms with Crippen LogP contribution in [-0.2, 0) is 16.0 Å². The first-order valence-electron chi connectivity index (χ1n) is 10.1. The molecule has 1 saturated heterocycles. The van der Waals surface area contributed by atoms with Gasteiger partial charge in [-0.3, -0.25) is 9.59 Å². The molecular formula is C23H24ClN3O4. The van der Waals surface area contributed by atoms with Crippen molar-refractivity contribution in [3.05, 3.63) is 59.3 Å². The number of hydrogen-bond donors (Lipinski definition) is 1. The van der Waals surface area contributed by atoms with Gasteiger partial charge in [-0.05, 0) is 30.3 Å². The maximum Gasteiger partial charge on any atom is 0.242 e. The molecule has 0 bridgehead atoms. The van der Waals surface area contributed by atoms with E-state index in [0.717, 1.165) is 29.7 Å². The summed E-state index contributed by atoms with van der Waals surface area (Å²) in [5.41, 5.74) is 2.49. The van der Waals surface area contributed by atoms with Crippen LogP contribution in [0.25, 0.3) is 11.0 Å². The number of anilines is 1. The predicted octanol–water partition coefficient (Wildman–Crippen LogP) is 3.10. The van der Waals surface area contributed by atoms with Crippen LogP contribution in [0.15, 0.2) is 53.1 Å². The van der Waals surface area contributed by atoms with Gasteiger partial charge in [0.25, 0.3) is 0 Å². The van der Waals surface area contributed by atoms with E-state index in [9.17, 15) is 9.59 Å². The zero-order chi connectivity index (χ0) is 21.8. The minimum absolute atomic E-state index is 0.0143. The van der Waals surface area contributed by atoms with Crippen molar-refractivity contribution in [1.29, 1.82) is 0 Å². The predicted molar refractivity (Wildman–Crippen MR) is 120 cm³/mol. The number of halogens is 1. The topological polar surface area (TPSA) is 75.0 Å². The fourth-order valence-corrected chi connectivity index (χ4v) is 3.92. The smallest absolute Gasteiger partial charge is 0.242 e. The highest BCUT2D eigenvalue weighted by Gasteiger charge is 2.22. The van der Waals surface area contributed by atoms with Gasteiger partial charge in [0.15, 0.2) is 0 Å². The largest absolute Gasteiger partial charge is 0.497 e. The molecular weight excluding hydrogens is 418 g/mol. The average molecular weight is 442 g/mol. The van der Waals surface area contributed by atoms with Gasteiger partial charge in [0, 0.05) is 53.9 Å². The van der Waals surface area contributed by atoms with Gasteiger partial charge in [0.05, 0.1) is 26.3 Å². The summed E-state index contributed by atoms with van der Waals surface area (Å²) in [5.74, 6) is 0.393. The van der Waals surface area contributed by atoms with Crippen LogP contribution in [0, 0.1) is 0 Å². The maximum absolute atomic E-state index is 12.5. The number of hydrogen-bond acceptors (Lipinski definition) is 5. The van der Waals surface area contributed by atoms with E-state index in [2.05, 4.69) is 10.2 Å². The summed E-state index contributed by atoms with van der Waals surface area (Å²) in [7, 11) is 1.59. The van der Waals surface area contributed by atoms with E-state index in [-0.39, 0.29) is 24.8 Å².